The number of nitrogens with zero attached hydrogens (tertiary/aromatic N) is 1. The first kappa shape index (κ1) is 15.9. The highest BCUT2D eigenvalue weighted by Crippen LogP contribution is 2.68. The van der Waals surface area contributed by atoms with Crippen molar-refractivity contribution in [2.45, 2.75) is 77.3 Å². The van der Waals surface area contributed by atoms with E-state index in [2.05, 4.69) is 31.9 Å². The van der Waals surface area contributed by atoms with Gasteiger partial charge in [-0.1, -0.05) is 18.6 Å². The van der Waals surface area contributed by atoms with E-state index in [1.165, 1.54) is 57.9 Å². The molecule has 8 atom stereocenters. The first-order valence-corrected chi connectivity index (χ1v) is 10.6. The van der Waals surface area contributed by atoms with Crippen LogP contribution in [-0.2, 0) is 0 Å². The Balaban J connectivity index is 1.49. The Morgan fingerprint density at radius 3 is 2.71 bits per heavy atom. The van der Waals surface area contributed by atoms with Crippen LogP contribution in [0.2, 0.25) is 0 Å². The van der Waals surface area contributed by atoms with Gasteiger partial charge in [-0.2, -0.15) is 0 Å². The van der Waals surface area contributed by atoms with Gasteiger partial charge in [0.2, 0.25) is 0 Å². The molecule has 134 valence electrons. The number of likely N-dealkylation sites (tertiary alicyclic amines) is 1. The molecule has 0 aromatic carbocycles. The second-order valence-corrected chi connectivity index (χ2v) is 10.4. The SMILES string of the molecule is C[C@H]1[C@H]2CC[C@H]3[C@@H]4CC=C5C[C@H](N)CC[C@]5(C)[C@@H]4CC[C@]23CN1C. The maximum atomic E-state index is 6.31. The monoisotopic (exact) mass is 328 g/mol. The molecule has 0 aromatic rings. The normalized spacial score (nSPS) is 56.9. The molecule has 0 amide bonds. The van der Waals surface area contributed by atoms with Crippen molar-refractivity contribution < 1.29 is 0 Å². The summed E-state index contributed by atoms with van der Waals surface area (Å²) in [4.78, 5) is 2.68. The molecule has 3 saturated carbocycles. The van der Waals surface area contributed by atoms with E-state index in [9.17, 15) is 0 Å². The second kappa shape index (κ2) is 5.10. The first-order valence-electron chi connectivity index (χ1n) is 10.6. The topological polar surface area (TPSA) is 29.3 Å². The summed E-state index contributed by atoms with van der Waals surface area (Å²) < 4.78 is 0. The lowest BCUT2D eigenvalue weighted by atomic mass is 9.47. The molecule has 0 radical (unpaired) electrons. The van der Waals surface area contributed by atoms with Crippen LogP contribution < -0.4 is 5.73 Å². The molecule has 1 aliphatic heterocycles. The fourth-order valence-electron chi connectivity index (χ4n) is 8.49. The molecule has 1 spiro atoms. The highest BCUT2D eigenvalue weighted by molar-refractivity contribution is 5.26. The van der Waals surface area contributed by atoms with Gasteiger partial charge in [-0.15, -0.1) is 0 Å². The predicted octanol–water partition coefficient (Wildman–Crippen LogP) is 4.21. The number of fused-ring (bicyclic) bond motifs is 4. The molecule has 4 aliphatic carbocycles. The van der Waals surface area contributed by atoms with Gasteiger partial charge in [0.1, 0.15) is 0 Å². The number of hydrogen-bond donors (Lipinski definition) is 1. The molecule has 2 N–H and O–H groups in total. The maximum Gasteiger partial charge on any atom is 0.00982 e. The molecule has 0 bridgehead atoms. The lowest BCUT2D eigenvalue weighted by molar-refractivity contribution is -0.0397. The quantitative estimate of drug-likeness (QED) is 0.675. The number of allylic oxidation sites excluding steroid dienone is 1. The van der Waals surface area contributed by atoms with Gasteiger partial charge in [-0.25, -0.2) is 0 Å². The third-order valence-corrected chi connectivity index (χ3v) is 9.75. The van der Waals surface area contributed by atoms with Gasteiger partial charge in [-0.3, -0.25) is 0 Å². The Hall–Kier alpha value is -0.340. The average Bonchev–Trinajstić information content (AvgIpc) is 3.03. The Morgan fingerprint density at radius 1 is 1.08 bits per heavy atom. The molecule has 4 fully saturated rings. The fraction of sp³-hybridized carbons (Fsp3) is 0.909. The summed E-state index contributed by atoms with van der Waals surface area (Å²) in [7, 11) is 2.38. The van der Waals surface area contributed by atoms with E-state index < -0.39 is 0 Å². The van der Waals surface area contributed by atoms with E-state index in [4.69, 9.17) is 5.73 Å². The van der Waals surface area contributed by atoms with Crippen molar-refractivity contribution in [2.24, 2.45) is 40.2 Å². The number of hydrogen-bond acceptors (Lipinski definition) is 2. The highest BCUT2D eigenvalue weighted by Gasteiger charge is 2.63. The molecule has 2 heteroatoms. The van der Waals surface area contributed by atoms with Gasteiger partial charge in [0.05, 0.1) is 0 Å². The summed E-state index contributed by atoms with van der Waals surface area (Å²) in [5.41, 5.74) is 9.20. The molecule has 2 nitrogen and oxygen atoms in total. The predicted molar refractivity (Wildman–Crippen MR) is 99.6 cm³/mol. The molecular weight excluding hydrogens is 292 g/mol. The fourth-order valence-corrected chi connectivity index (χ4v) is 8.49. The molecule has 24 heavy (non-hydrogen) atoms. The van der Waals surface area contributed by atoms with Crippen LogP contribution in [0.1, 0.15) is 65.2 Å². The van der Waals surface area contributed by atoms with Gasteiger partial charge in [0.25, 0.3) is 0 Å². The van der Waals surface area contributed by atoms with Gasteiger partial charge < -0.3 is 10.6 Å². The smallest absolute Gasteiger partial charge is 0.00982 e. The van der Waals surface area contributed by atoms with E-state index in [1.807, 2.05) is 0 Å². The number of rotatable bonds is 0. The largest absolute Gasteiger partial charge is 0.327 e. The van der Waals surface area contributed by atoms with Gasteiger partial charge in [0, 0.05) is 18.6 Å². The van der Waals surface area contributed by atoms with Crippen molar-refractivity contribution >= 4 is 0 Å². The van der Waals surface area contributed by atoms with Gasteiger partial charge in [0.15, 0.2) is 0 Å². The van der Waals surface area contributed by atoms with Crippen molar-refractivity contribution in [3.05, 3.63) is 11.6 Å². The summed E-state index contributed by atoms with van der Waals surface area (Å²) in [6.45, 7) is 6.48. The van der Waals surface area contributed by atoms with E-state index >= 15 is 0 Å². The van der Waals surface area contributed by atoms with E-state index in [0.717, 1.165) is 29.7 Å². The third kappa shape index (κ3) is 1.85. The van der Waals surface area contributed by atoms with Crippen LogP contribution in [0.15, 0.2) is 11.6 Å². The van der Waals surface area contributed by atoms with E-state index in [-0.39, 0.29) is 0 Å². The molecule has 0 unspecified atom stereocenters. The Morgan fingerprint density at radius 2 is 1.88 bits per heavy atom. The van der Waals surface area contributed by atoms with Crippen molar-refractivity contribution in [1.29, 1.82) is 0 Å². The van der Waals surface area contributed by atoms with Crippen LogP contribution in [0.3, 0.4) is 0 Å². The van der Waals surface area contributed by atoms with Crippen LogP contribution in [0.5, 0.6) is 0 Å². The lowest BCUT2D eigenvalue weighted by Crippen LogP contribution is -2.52. The molecule has 5 aliphatic rings. The number of nitrogens with two attached hydrogens (primary N) is 1. The molecular formula is C22H36N2. The zero-order valence-electron chi connectivity index (χ0n) is 15.9. The van der Waals surface area contributed by atoms with Crippen LogP contribution in [0.4, 0.5) is 0 Å². The van der Waals surface area contributed by atoms with Gasteiger partial charge in [-0.05, 0) is 99.8 Å². The minimum Gasteiger partial charge on any atom is -0.327 e. The summed E-state index contributed by atoms with van der Waals surface area (Å²) >= 11 is 0. The maximum absolute atomic E-state index is 6.31. The Labute approximate surface area is 148 Å². The summed E-state index contributed by atoms with van der Waals surface area (Å²) in [6, 6.07) is 1.24. The molecule has 5 rings (SSSR count). The van der Waals surface area contributed by atoms with Crippen LogP contribution in [0, 0.1) is 34.5 Å². The zero-order chi connectivity index (χ0) is 16.7. The van der Waals surface area contributed by atoms with E-state index in [0.29, 0.717) is 16.9 Å². The zero-order valence-corrected chi connectivity index (χ0v) is 15.9. The average molecular weight is 329 g/mol. The first-order chi connectivity index (χ1) is 11.5. The third-order valence-electron chi connectivity index (χ3n) is 9.75. The lowest BCUT2D eigenvalue weighted by Gasteiger charge is -2.58. The molecule has 1 heterocycles. The standard InChI is InChI=1S/C22H36N2/c1-14-18-6-7-20-17-5-4-15-12-16(23)8-10-21(15,2)19(17)9-11-22(18,20)13-24(14)3/h4,14,16-20H,5-13,23H2,1-3H3/t14-,16+,17+,18+,19+,20-,21-,22-/m0/s1. The van der Waals surface area contributed by atoms with E-state index in [1.54, 1.807) is 5.57 Å². The van der Waals surface area contributed by atoms with Crippen molar-refractivity contribution in [1.82, 2.24) is 4.90 Å². The molecule has 1 saturated heterocycles. The Bertz CT molecular complexity index is 568. The van der Waals surface area contributed by atoms with Crippen LogP contribution in [0.25, 0.3) is 0 Å². The Kier molecular flexibility index (Phi) is 3.37. The molecule has 0 aromatic heterocycles. The van der Waals surface area contributed by atoms with Crippen molar-refractivity contribution in [3.8, 4) is 0 Å². The summed E-state index contributed by atoms with van der Waals surface area (Å²) in [5, 5.41) is 0. The minimum atomic E-state index is 0.427. The summed E-state index contributed by atoms with van der Waals surface area (Å²) in [5.74, 6) is 3.89. The van der Waals surface area contributed by atoms with Crippen molar-refractivity contribution in [2.75, 3.05) is 13.6 Å². The highest BCUT2D eigenvalue weighted by atomic mass is 15.2. The second-order valence-electron chi connectivity index (χ2n) is 10.4. The van der Waals surface area contributed by atoms with Crippen LogP contribution >= 0.6 is 0 Å². The van der Waals surface area contributed by atoms with Crippen LogP contribution in [-0.4, -0.2) is 30.6 Å². The van der Waals surface area contributed by atoms with Gasteiger partial charge >= 0.3 is 0 Å². The van der Waals surface area contributed by atoms with Crippen molar-refractivity contribution in [3.63, 3.8) is 0 Å². The minimum absolute atomic E-state index is 0.427. The summed E-state index contributed by atoms with van der Waals surface area (Å²) in [6.07, 6.45) is 13.8.